The quantitative estimate of drug-likeness (QED) is 0.470. The highest BCUT2D eigenvalue weighted by Crippen LogP contribution is 2.24. The molecule has 0 saturated carbocycles. The average molecular weight is 184 g/mol. The zero-order valence-corrected chi connectivity index (χ0v) is 7.75. The number of carbonyl (C=O) groups excluding carboxylic acids is 2. The van der Waals surface area contributed by atoms with E-state index in [2.05, 4.69) is 6.58 Å². The minimum Gasteiger partial charge on any atom is -0.463 e. The summed E-state index contributed by atoms with van der Waals surface area (Å²) in [7, 11) is 0. The van der Waals surface area contributed by atoms with E-state index in [-0.39, 0.29) is 5.57 Å². The highest BCUT2D eigenvalue weighted by atomic mass is 16.6. The van der Waals surface area contributed by atoms with Crippen molar-refractivity contribution in [3.63, 3.8) is 0 Å². The van der Waals surface area contributed by atoms with E-state index in [9.17, 15) is 9.59 Å². The lowest BCUT2D eigenvalue weighted by Gasteiger charge is -2.19. The fourth-order valence-electron chi connectivity index (χ4n) is 0.978. The van der Waals surface area contributed by atoms with Gasteiger partial charge in [0, 0.05) is 12.0 Å². The maximum Gasteiger partial charge on any atom is 0.350 e. The number of esters is 2. The van der Waals surface area contributed by atoms with E-state index in [1.807, 2.05) is 0 Å². The summed E-state index contributed by atoms with van der Waals surface area (Å²) in [5, 5.41) is 0. The number of rotatable bonds is 2. The zero-order valence-electron chi connectivity index (χ0n) is 7.75. The third kappa shape index (κ3) is 1.88. The Morgan fingerprint density at radius 2 is 2.31 bits per heavy atom. The first-order valence-electron chi connectivity index (χ1n) is 4.02. The Hall–Kier alpha value is -1.32. The van der Waals surface area contributed by atoms with Gasteiger partial charge in [0.25, 0.3) is 0 Å². The second kappa shape index (κ2) is 3.20. The SMILES string of the molecule is C=C(C)C(=O)O[C@]1(C)CCOC1=O. The molecular weight excluding hydrogens is 172 g/mol. The molecule has 1 heterocycles. The molecule has 4 heteroatoms. The largest absolute Gasteiger partial charge is 0.463 e. The Morgan fingerprint density at radius 1 is 1.69 bits per heavy atom. The molecule has 1 atom stereocenters. The van der Waals surface area contributed by atoms with Crippen molar-refractivity contribution in [2.24, 2.45) is 0 Å². The number of hydrogen-bond acceptors (Lipinski definition) is 4. The molecule has 1 rings (SSSR count). The van der Waals surface area contributed by atoms with Crippen molar-refractivity contribution in [1.29, 1.82) is 0 Å². The molecule has 4 nitrogen and oxygen atoms in total. The van der Waals surface area contributed by atoms with Crippen LogP contribution < -0.4 is 0 Å². The van der Waals surface area contributed by atoms with Crippen LogP contribution in [0.3, 0.4) is 0 Å². The van der Waals surface area contributed by atoms with Gasteiger partial charge in [-0.2, -0.15) is 0 Å². The molecule has 13 heavy (non-hydrogen) atoms. The van der Waals surface area contributed by atoms with Gasteiger partial charge in [-0.3, -0.25) is 0 Å². The highest BCUT2D eigenvalue weighted by Gasteiger charge is 2.43. The first kappa shape index (κ1) is 9.77. The Morgan fingerprint density at radius 3 is 2.69 bits per heavy atom. The lowest BCUT2D eigenvalue weighted by Crippen LogP contribution is -2.36. The molecule has 0 amide bonds. The van der Waals surface area contributed by atoms with Crippen molar-refractivity contribution in [3.8, 4) is 0 Å². The van der Waals surface area contributed by atoms with E-state index in [4.69, 9.17) is 9.47 Å². The standard InChI is InChI=1S/C9H12O4/c1-6(2)7(10)13-9(3)4-5-12-8(9)11/h1,4-5H2,2-3H3/t9-/m1/s1. The second-order valence-electron chi connectivity index (χ2n) is 3.29. The first-order chi connectivity index (χ1) is 5.96. The molecule has 1 fully saturated rings. The normalized spacial score (nSPS) is 26.8. The lowest BCUT2D eigenvalue weighted by atomic mass is 10.1. The molecule has 0 aromatic heterocycles. The van der Waals surface area contributed by atoms with Crippen molar-refractivity contribution in [1.82, 2.24) is 0 Å². The van der Waals surface area contributed by atoms with Crippen LogP contribution in [0.25, 0.3) is 0 Å². The molecule has 1 saturated heterocycles. The summed E-state index contributed by atoms with van der Waals surface area (Å²) >= 11 is 0. The molecule has 72 valence electrons. The first-order valence-corrected chi connectivity index (χ1v) is 4.02. The third-order valence-corrected chi connectivity index (χ3v) is 1.91. The Kier molecular flexibility index (Phi) is 2.40. The molecule has 0 bridgehead atoms. The van der Waals surface area contributed by atoms with Crippen molar-refractivity contribution in [3.05, 3.63) is 12.2 Å². The maximum absolute atomic E-state index is 11.1. The minimum absolute atomic E-state index is 0.279. The van der Waals surface area contributed by atoms with Crippen molar-refractivity contribution in [2.45, 2.75) is 25.9 Å². The van der Waals surface area contributed by atoms with Crippen LogP contribution >= 0.6 is 0 Å². The van der Waals surface area contributed by atoms with Crippen LogP contribution in [0.4, 0.5) is 0 Å². The summed E-state index contributed by atoms with van der Waals surface area (Å²) in [5.41, 5.74) is -0.836. The predicted molar refractivity (Wildman–Crippen MR) is 44.9 cm³/mol. The summed E-state index contributed by atoms with van der Waals surface area (Å²) in [4.78, 5) is 22.2. The highest BCUT2D eigenvalue weighted by molar-refractivity contribution is 5.91. The van der Waals surface area contributed by atoms with Gasteiger partial charge in [-0.15, -0.1) is 0 Å². The van der Waals surface area contributed by atoms with Gasteiger partial charge >= 0.3 is 11.9 Å². The van der Waals surface area contributed by atoms with E-state index in [1.54, 1.807) is 6.92 Å². The van der Waals surface area contributed by atoms with E-state index in [0.29, 0.717) is 13.0 Å². The van der Waals surface area contributed by atoms with Crippen molar-refractivity contribution in [2.75, 3.05) is 6.61 Å². The smallest absolute Gasteiger partial charge is 0.350 e. The molecule has 0 unspecified atom stereocenters. The molecule has 0 spiro atoms. The van der Waals surface area contributed by atoms with Gasteiger partial charge < -0.3 is 9.47 Å². The number of ether oxygens (including phenoxy) is 2. The molecular formula is C9H12O4. The van der Waals surface area contributed by atoms with Crippen LogP contribution in [-0.2, 0) is 19.1 Å². The Bertz CT molecular complexity index is 269. The van der Waals surface area contributed by atoms with Crippen LogP contribution in [-0.4, -0.2) is 24.1 Å². The van der Waals surface area contributed by atoms with Gasteiger partial charge in [-0.25, -0.2) is 9.59 Å². The summed E-state index contributed by atoms with van der Waals surface area (Å²) in [6, 6.07) is 0. The van der Waals surface area contributed by atoms with Gasteiger partial charge in [0.2, 0.25) is 5.60 Å². The predicted octanol–water partition coefficient (Wildman–Crippen LogP) is 0.811. The van der Waals surface area contributed by atoms with Crippen LogP contribution in [0.15, 0.2) is 12.2 Å². The fourth-order valence-corrected chi connectivity index (χ4v) is 0.978. The molecule has 0 aliphatic carbocycles. The molecule has 1 aliphatic heterocycles. The second-order valence-corrected chi connectivity index (χ2v) is 3.29. The number of carbonyl (C=O) groups is 2. The molecule has 1 aliphatic rings. The van der Waals surface area contributed by atoms with Gasteiger partial charge in [-0.1, -0.05) is 6.58 Å². The third-order valence-electron chi connectivity index (χ3n) is 1.91. The van der Waals surface area contributed by atoms with E-state index < -0.39 is 17.5 Å². The fraction of sp³-hybridized carbons (Fsp3) is 0.556. The summed E-state index contributed by atoms with van der Waals surface area (Å²) in [5.74, 6) is -1.04. The van der Waals surface area contributed by atoms with Gasteiger partial charge in [0.15, 0.2) is 0 Å². The van der Waals surface area contributed by atoms with Crippen LogP contribution in [0.2, 0.25) is 0 Å². The van der Waals surface area contributed by atoms with Crippen LogP contribution in [0.5, 0.6) is 0 Å². The van der Waals surface area contributed by atoms with Gasteiger partial charge in [0.05, 0.1) is 6.61 Å². The van der Waals surface area contributed by atoms with Crippen LogP contribution in [0.1, 0.15) is 20.3 Å². The van der Waals surface area contributed by atoms with Crippen molar-refractivity contribution >= 4 is 11.9 Å². The Balaban J connectivity index is 2.67. The van der Waals surface area contributed by atoms with E-state index >= 15 is 0 Å². The Labute approximate surface area is 76.5 Å². The molecule has 0 aromatic carbocycles. The van der Waals surface area contributed by atoms with Gasteiger partial charge in [0.1, 0.15) is 0 Å². The lowest BCUT2D eigenvalue weighted by molar-refractivity contribution is -0.167. The van der Waals surface area contributed by atoms with Crippen LogP contribution in [0, 0.1) is 0 Å². The molecule has 0 N–H and O–H groups in total. The minimum atomic E-state index is -1.12. The van der Waals surface area contributed by atoms with E-state index in [1.165, 1.54) is 6.92 Å². The number of hydrogen-bond donors (Lipinski definition) is 0. The maximum atomic E-state index is 11.1. The van der Waals surface area contributed by atoms with Crippen molar-refractivity contribution < 1.29 is 19.1 Å². The summed E-state index contributed by atoms with van der Waals surface area (Å²) < 4.78 is 9.66. The summed E-state index contributed by atoms with van der Waals surface area (Å²) in [6.07, 6.45) is 0.408. The van der Waals surface area contributed by atoms with E-state index in [0.717, 1.165) is 0 Å². The monoisotopic (exact) mass is 184 g/mol. The van der Waals surface area contributed by atoms with Gasteiger partial charge in [-0.05, 0) is 13.8 Å². The molecule has 0 radical (unpaired) electrons. The average Bonchev–Trinajstić information content (AvgIpc) is 2.32. The zero-order chi connectivity index (χ0) is 10.1. The topological polar surface area (TPSA) is 52.6 Å². The molecule has 0 aromatic rings. The number of cyclic esters (lactones) is 1. The summed E-state index contributed by atoms with van der Waals surface area (Å²) in [6.45, 7) is 6.81.